The van der Waals surface area contributed by atoms with E-state index in [1.54, 1.807) is 0 Å². The third-order valence-electron chi connectivity index (χ3n) is 4.86. The van der Waals surface area contributed by atoms with E-state index in [4.69, 9.17) is 0 Å². The van der Waals surface area contributed by atoms with Crippen molar-refractivity contribution in [3.8, 4) is 0 Å². The number of hydrogen-bond acceptors (Lipinski definition) is 1. The van der Waals surface area contributed by atoms with Gasteiger partial charge in [-0.15, -0.1) is 0 Å². The van der Waals surface area contributed by atoms with Gasteiger partial charge >= 0.3 is 0 Å². The Hall–Kier alpha value is -1.11. The fourth-order valence-corrected chi connectivity index (χ4v) is 3.89. The summed E-state index contributed by atoms with van der Waals surface area (Å²) in [5.41, 5.74) is 2.95. The second-order valence-corrected chi connectivity index (χ2v) is 5.84. The van der Waals surface area contributed by atoms with E-state index >= 15 is 0 Å². The van der Waals surface area contributed by atoms with Gasteiger partial charge in [-0.25, -0.2) is 0 Å². The number of rotatable bonds is 3. The second kappa shape index (κ2) is 3.97. The zero-order valence-electron chi connectivity index (χ0n) is 10.5. The molecule has 0 N–H and O–H groups in total. The predicted octanol–water partition coefficient (Wildman–Crippen LogP) is 3.64. The number of aldehydes is 1. The summed E-state index contributed by atoms with van der Waals surface area (Å²) >= 11 is 0. The molecular weight excluding hydrogens is 208 g/mol. The smallest absolute Gasteiger partial charge is 0.124 e. The van der Waals surface area contributed by atoms with Crippen LogP contribution in [0.4, 0.5) is 0 Å². The minimum atomic E-state index is 0.213. The zero-order chi connectivity index (χ0) is 11.9. The molecule has 2 aliphatic rings. The Labute approximate surface area is 103 Å². The van der Waals surface area contributed by atoms with Gasteiger partial charge in [-0.05, 0) is 37.7 Å². The molecule has 0 aliphatic heterocycles. The molecule has 0 radical (unpaired) electrons. The first kappa shape index (κ1) is 11.0. The highest BCUT2D eigenvalue weighted by atomic mass is 16.1. The first-order valence-electron chi connectivity index (χ1n) is 6.80. The fraction of sp³-hybridized carbons (Fsp3) is 0.562. The van der Waals surface area contributed by atoms with Gasteiger partial charge in [0.25, 0.3) is 0 Å². The Morgan fingerprint density at radius 1 is 1.29 bits per heavy atom. The molecule has 2 saturated carbocycles. The lowest BCUT2D eigenvalue weighted by atomic mass is 9.79. The van der Waals surface area contributed by atoms with Crippen LogP contribution in [0.25, 0.3) is 0 Å². The third kappa shape index (κ3) is 1.64. The molecule has 2 aliphatic carbocycles. The average molecular weight is 228 g/mol. The highest BCUT2D eigenvalue weighted by Crippen LogP contribution is 2.62. The molecule has 17 heavy (non-hydrogen) atoms. The lowest BCUT2D eigenvalue weighted by molar-refractivity contribution is -0.109. The molecule has 0 heterocycles. The van der Waals surface area contributed by atoms with Crippen molar-refractivity contribution in [3.63, 3.8) is 0 Å². The molecule has 1 aromatic carbocycles. The minimum Gasteiger partial charge on any atom is -0.303 e. The molecule has 0 aromatic heterocycles. The number of carbonyl (C=O) groups excluding carboxylic acids is 1. The Morgan fingerprint density at radius 2 is 2.06 bits per heavy atom. The van der Waals surface area contributed by atoms with Gasteiger partial charge in [-0.3, -0.25) is 0 Å². The summed E-state index contributed by atoms with van der Waals surface area (Å²) < 4.78 is 0. The van der Waals surface area contributed by atoms with E-state index in [1.165, 1.54) is 43.1 Å². The van der Waals surface area contributed by atoms with Crippen LogP contribution in [0.3, 0.4) is 0 Å². The molecule has 1 heteroatoms. The van der Waals surface area contributed by atoms with Crippen molar-refractivity contribution in [3.05, 3.63) is 35.4 Å². The molecule has 2 atom stereocenters. The molecule has 2 unspecified atom stereocenters. The summed E-state index contributed by atoms with van der Waals surface area (Å²) in [4.78, 5) is 11.2. The van der Waals surface area contributed by atoms with Crippen LogP contribution in [0.5, 0.6) is 0 Å². The SMILES string of the molecule is Cc1cccc(C2(C3CCCC3)CC2C=O)c1. The van der Waals surface area contributed by atoms with Gasteiger partial charge in [0.05, 0.1) is 0 Å². The van der Waals surface area contributed by atoms with Gasteiger partial charge < -0.3 is 4.79 Å². The van der Waals surface area contributed by atoms with Crippen LogP contribution in [0, 0.1) is 18.8 Å². The number of carbonyl (C=O) groups is 1. The van der Waals surface area contributed by atoms with Gasteiger partial charge in [0.15, 0.2) is 0 Å². The summed E-state index contributed by atoms with van der Waals surface area (Å²) in [7, 11) is 0. The Morgan fingerprint density at radius 3 is 2.65 bits per heavy atom. The molecule has 0 spiro atoms. The van der Waals surface area contributed by atoms with Gasteiger partial charge in [0.1, 0.15) is 6.29 Å². The van der Waals surface area contributed by atoms with Crippen molar-refractivity contribution in [1.82, 2.24) is 0 Å². The Kier molecular flexibility index (Phi) is 2.57. The monoisotopic (exact) mass is 228 g/mol. The van der Waals surface area contributed by atoms with Crippen LogP contribution in [0.1, 0.15) is 43.2 Å². The minimum absolute atomic E-state index is 0.213. The van der Waals surface area contributed by atoms with Crippen LogP contribution in [-0.4, -0.2) is 6.29 Å². The van der Waals surface area contributed by atoms with Crippen LogP contribution in [-0.2, 0) is 10.2 Å². The summed E-state index contributed by atoms with van der Waals surface area (Å²) in [6, 6.07) is 8.81. The van der Waals surface area contributed by atoms with Gasteiger partial charge in [0, 0.05) is 11.3 Å². The average Bonchev–Trinajstić information content (AvgIpc) is 2.83. The molecule has 90 valence electrons. The van der Waals surface area contributed by atoms with Gasteiger partial charge in [-0.1, -0.05) is 42.7 Å². The van der Waals surface area contributed by atoms with E-state index in [0.717, 1.165) is 12.3 Å². The van der Waals surface area contributed by atoms with E-state index in [9.17, 15) is 4.79 Å². The number of hydrogen-bond donors (Lipinski definition) is 0. The Bertz CT molecular complexity index is 431. The first-order valence-corrected chi connectivity index (χ1v) is 6.80. The van der Waals surface area contributed by atoms with Gasteiger partial charge in [0.2, 0.25) is 0 Å². The van der Waals surface area contributed by atoms with E-state index in [1.807, 2.05) is 0 Å². The quantitative estimate of drug-likeness (QED) is 0.722. The largest absolute Gasteiger partial charge is 0.303 e. The lowest BCUT2D eigenvalue weighted by Gasteiger charge is -2.24. The van der Waals surface area contributed by atoms with Crippen molar-refractivity contribution in [2.75, 3.05) is 0 Å². The summed E-state index contributed by atoms with van der Waals surface area (Å²) in [6.07, 6.45) is 7.62. The molecule has 3 rings (SSSR count). The van der Waals surface area contributed by atoms with Crippen molar-refractivity contribution < 1.29 is 4.79 Å². The topological polar surface area (TPSA) is 17.1 Å². The standard InChI is InChI=1S/C16H20O/c1-12-5-4-8-14(9-12)16(10-15(16)11-17)13-6-2-3-7-13/h4-5,8-9,11,13,15H,2-3,6-7,10H2,1H3. The summed E-state index contributed by atoms with van der Waals surface area (Å²) in [5.74, 6) is 1.03. The number of benzene rings is 1. The maximum atomic E-state index is 11.2. The normalized spacial score (nSPS) is 32.6. The lowest BCUT2D eigenvalue weighted by Crippen LogP contribution is -2.21. The molecule has 0 bridgehead atoms. The van der Waals surface area contributed by atoms with Crippen molar-refractivity contribution in [2.45, 2.75) is 44.4 Å². The maximum absolute atomic E-state index is 11.2. The van der Waals surface area contributed by atoms with Crippen molar-refractivity contribution in [2.24, 2.45) is 11.8 Å². The van der Waals surface area contributed by atoms with Crippen molar-refractivity contribution >= 4 is 6.29 Å². The van der Waals surface area contributed by atoms with Crippen LogP contribution < -0.4 is 0 Å². The molecule has 0 saturated heterocycles. The maximum Gasteiger partial charge on any atom is 0.124 e. The highest BCUT2D eigenvalue weighted by Gasteiger charge is 2.59. The Balaban J connectivity index is 1.98. The highest BCUT2D eigenvalue weighted by molar-refractivity contribution is 5.65. The summed E-state index contributed by atoms with van der Waals surface area (Å²) in [5, 5.41) is 0. The zero-order valence-corrected chi connectivity index (χ0v) is 10.5. The first-order chi connectivity index (χ1) is 8.27. The van der Waals surface area contributed by atoms with Crippen LogP contribution >= 0.6 is 0 Å². The molecule has 1 nitrogen and oxygen atoms in total. The number of aryl methyl sites for hydroxylation is 1. The predicted molar refractivity (Wildman–Crippen MR) is 69.0 cm³/mol. The molecule has 2 fully saturated rings. The van der Waals surface area contributed by atoms with Crippen LogP contribution in [0.2, 0.25) is 0 Å². The van der Waals surface area contributed by atoms with Gasteiger partial charge in [-0.2, -0.15) is 0 Å². The third-order valence-corrected chi connectivity index (χ3v) is 4.86. The van der Waals surface area contributed by atoms with E-state index in [-0.39, 0.29) is 11.3 Å². The van der Waals surface area contributed by atoms with E-state index in [0.29, 0.717) is 0 Å². The van der Waals surface area contributed by atoms with E-state index < -0.39 is 0 Å². The molecule has 1 aromatic rings. The van der Waals surface area contributed by atoms with Crippen LogP contribution in [0.15, 0.2) is 24.3 Å². The van der Waals surface area contributed by atoms with Crippen molar-refractivity contribution in [1.29, 1.82) is 0 Å². The molecule has 0 amide bonds. The van der Waals surface area contributed by atoms with E-state index in [2.05, 4.69) is 31.2 Å². The fourth-order valence-electron chi connectivity index (χ4n) is 3.89. The molecular formula is C16H20O. The summed E-state index contributed by atoms with van der Waals surface area (Å²) in [6.45, 7) is 2.14. The second-order valence-electron chi connectivity index (χ2n) is 5.84.